The highest BCUT2D eigenvalue weighted by atomic mass is 32.1. The highest BCUT2D eigenvalue weighted by Crippen LogP contribution is 2.43. The van der Waals surface area contributed by atoms with E-state index in [0.717, 1.165) is 12.3 Å². The van der Waals surface area contributed by atoms with Gasteiger partial charge in [-0.25, -0.2) is 8.78 Å². The van der Waals surface area contributed by atoms with E-state index in [1.165, 1.54) is 18.2 Å². The molecule has 8 nitrogen and oxygen atoms in total. The molecule has 0 spiro atoms. The minimum atomic E-state index is -0.833. The number of halogens is 2. The average molecular weight is 531 g/mol. The lowest BCUT2D eigenvalue weighted by atomic mass is 9.94. The predicted molar refractivity (Wildman–Crippen MR) is 138 cm³/mol. The van der Waals surface area contributed by atoms with Crippen molar-refractivity contribution < 1.29 is 27.8 Å². The van der Waals surface area contributed by atoms with Crippen molar-refractivity contribution in [3.63, 3.8) is 0 Å². The Kier molecular flexibility index (Phi) is 7.63. The summed E-state index contributed by atoms with van der Waals surface area (Å²) in [7, 11) is 0. The standard InChI is InChI=1S/C26H28F2N4O4S/c1-3-20(33)31-8-9-32-14(13-31)7-10-36-19-11-16(23(28)24(35-4-2)22(19)26(32)34)15-5-6-17(27)25(37)21(15)18(30)12-29/h3,5-6,11-12,14,37H,1,4,7-10,13,29-30H2,2H3/b18-12-. The third-order valence-corrected chi connectivity index (χ3v) is 6.95. The molecule has 196 valence electrons. The maximum atomic E-state index is 16.1. The van der Waals surface area contributed by atoms with E-state index in [0.29, 0.717) is 19.5 Å². The lowest BCUT2D eigenvalue weighted by Crippen LogP contribution is -2.57. The van der Waals surface area contributed by atoms with Crippen LogP contribution in [0.3, 0.4) is 0 Å². The van der Waals surface area contributed by atoms with Crippen LogP contribution in [0.1, 0.15) is 29.3 Å². The highest BCUT2D eigenvalue weighted by molar-refractivity contribution is 7.80. The van der Waals surface area contributed by atoms with Crippen LogP contribution in [-0.2, 0) is 4.79 Å². The van der Waals surface area contributed by atoms with Crippen LogP contribution < -0.4 is 20.9 Å². The molecule has 0 saturated carbocycles. The number of thiol groups is 1. The van der Waals surface area contributed by atoms with E-state index >= 15 is 4.39 Å². The molecule has 0 radical (unpaired) electrons. The lowest BCUT2D eigenvalue weighted by Gasteiger charge is -2.42. The Morgan fingerprint density at radius 1 is 1.32 bits per heavy atom. The van der Waals surface area contributed by atoms with Gasteiger partial charge in [0.1, 0.15) is 17.1 Å². The third kappa shape index (κ3) is 4.71. The summed E-state index contributed by atoms with van der Waals surface area (Å²) >= 11 is 4.22. The second-order valence-corrected chi connectivity index (χ2v) is 9.04. The number of hydrogen-bond acceptors (Lipinski definition) is 7. The molecular weight excluding hydrogens is 502 g/mol. The number of piperazine rings is 1. The predicted octanol–water partition coefficient (Wildman–Crippen LogP) is 3.16. The Morgan fingerprint density at radius 2 is 2.08 bits per heavy atom. The molecule has 1 saturated heterocycles. The number of nitrogens with zero attached hydrogens (tertiary/aromatic N) is 2. The zero-order valence-electron chi connectivity index (χ0n) is 20.3. The fourth-order valence-electron chi connectivity index (χ4n) is 4.72. The molecule has 4 rings (SSSR count). The Balaban J connectivity index is 1.87. The van der Waals surface area contributed by atoms with Gasteiger partial charge < -0.3 is 30.7 Å². The minimum absolute atomic E-state index is 0.00428. The summed E-state index contributed by atoms with van der Waals surface area (Å²) in [6.07, 6.45) is 2.76. The van der Waals surface area contributed by atoms with E-state index < -0.39 is 17.5 Å². The maximum absolute atomic E-state index is 16.1. The first-order chi connectivity index (χ1) is 17.7. The van der Waals surface area contributed by atoms with Crippen LogP contribution in [0.5, 0.6) is 11.5 Å². The van der Waals surface area contributed by atoms with Crippen LogP contribution in [-0.4, -0.2) is 60.5 Å². The molecule has 2 aromatic rings. The van der Waals surface area contributed by atoms with Crippen molar-refractivity contribution in [2.75, 3.05) is 32.8 Å². The molecule has 0 aliphatic carbocycles. The van der Waals surface area contributed by atoms with Crippen LogP contribution in [0.25, 0.3) is 16.8 Å². The summed E-state index contributed by atoms with van der Waals surface area (Å²) in [6.45, 7) is 6.37. The van der Waals surface area contributed by atoms with Gasteiger partial charge in [-0.05, 0) is 30.7 Å². The molecule has 1 unspecified atom stereocenters. The van der Waals surface area contributed by atoms with Crippen LogP contribution in [0.2, 0.25) is 0 Å². The zero-order valence-corrected chi connectivity index (χ0v) is 21.2. The number of amides is 2. The van der Waals surface area contributed by atoms with Gasteiger partial charge in [-0.15, -0.1) is 12.6 Å². The quantitative estimate of drug-likeness (QED) is 0.405. The van der Waals surface area contributed by atoms with Gasteiger partial charge in [-0.3, -0.25) is 9.59 Å². The van der Waals surface area contributed by atoms with Crippen molar-refractivity contribution in [1.29, 1.82) is 0 Å². The molecule has 11 heteroatoms. The fourth-order valence-corrected chi connectivity index (χ4v) is 5.04. The SMILES string of the molecule is C=CC(=O)N1CCN2C(=O)c3c(cc(-c4ccc(F)c(S)c4/C(N)=C/N)c(F)c3OCC)OCCC2C1. The number of carbonyl (C=O) groups excluding carboxylic acids is 2. The van der Waals surface area contributed by atoms with E-state index in [2.05, 4.69) is 19.2 Å². The second kappa shape index (κ2) is 10.7. The Hall–Kier alpha value is -3.73. The Labute approximate surface area is 218 Å². The number of ether oxygens (including phenoxy) is 2. The number of fused-ring (bicyclic) bond motifs is 2. The first-order valence-electron chi connectivity index (χ1n) is 11.8. The van der Waals surface area contributed by atoms with Crippen LogP contribution in [0.4, 0.5) is 8.78 Å². The molecule has 0 bridgehead atoms. The third-order valence-electron chi connectivity index (χ3n) is 6.51. The summed E-state index contributed by atoms with van der Waals surface area (Å²) in [5.41, 5.74) is 11.8. The van der Waals surface area contributed by atoms with Gasteiger partial charge in [0, 0.05) is 48.3 Å². The maximum Gasteiger partial charge on any atom is 0.261 e. The highest BCUT2D eigenvalue weighted by Gasteiger charge is 2.38. The van der Waals surface area contributed by atoms with Crippen molar-refractivity contribution in [2.45, 2.75) is 24.3 Å². The van der Waals surface area contributed by atoms with Crippen LogP contribution in [0, 0.1) is 11.6 Å². The van der Waals surface area contributed by atoms with E-state index in [4.69, 9.17) is 20.9 Å². The van der Waals surface area contributed by atoms with Crippen LogP contribution >= 0.6 is 12.6 Å². The molecule has 2 heterocycles. The summed E-state index contributed by atoms with van der Waals surface area (Å²) in [5, 5.41) is 0. The lowest BCUT2D eigenvalue weighted by molar-refractivity contribution is -0.128. The average Bonchev–Trinajstić information content (AvgIpc) is 2.89. The van der Waals surface area contributed by atoms with Gasteiger partial charge in [0.2, 0.25) is 5.91 Å². The smallest absolute Gasteiger partial charge is 0.261 e. The molecule has 37 heavy (non-hydrogen) atoms. The van der Waals surface area contributed by atoms with Gasteiger partial charge in [-0.2, -0.15) is 0 Å². The van der Waals surface area contributed by atoms with E-state index in [1.807, 2.05) is 0 Å². The van der Waals surface area contributed by atoms with Crippen molar-refractivity contribution in [1.82, 2.24) is 9.80 Å². The molecule has 1 fully saturated rings. The van der Waals surface area contributed by atoms with Crippen molar-refractivity contribution in [3.8, 4) is 22.6 Å². The Morgan fingerprint density at radius 3 is 2.76 bits per heavy atom. The van der Waals surface area contributed by atoms with Crippen LogP contribution in [0.15, 0.2) is 41.9 Å². The molecule has 0 aromatic heterocycles. The van der Waals surface area contributed by atoms with Crippen molar-refractivity contribution >= 4 is 30.1 Å². The molecule has 2 aliphatic heterocycles. The number of benzene rings is 2. The van der Waals surface area contributed by atoms with Gasteiger partial charge >= 0.3 is 0 Å². The summed E-state index contributed by atoms with van der Waals surface area (Å²) in [5.74, 6) is -2.33. The number of hydrogen-bond donors (Lipinski definition) is 3. The zero-order chi connectivity index (χ0) is 26.9. The largest absolute Gasteiger partial charge is 0.492 e. The first kappa shape index (κ1) is 26.3. The summed E-state index contributed by atoms with van der Waals surface area (Å²) < 4.78 is 42.1. The number of carbonyl (C=O) groups is 2. The van der Waals surface area contributed by atoms with Gasteiger partial charge in [-0.1, -0.05) is 12.6 Å². The summed E-state index contributed by atoms with van der Waals surface area (Å²) in [6, 6.07) is 3.57. The molecule has 4 N–H and O–H groups in total. The summed E-state index contributed by atoms with van der Waals surface area (Å²) in [4.78, 5) is 29.0. The fraction of sp³-hybridized carbons (Fsp3) is 0.308. The van der Waals surface area contributed by atoms with E-state index in [9.17, 15) is 14.0 Å². The number of rotatable bonds is 5. The van der Waals surface area contributed by atoms with E-state index in [1.54, 1.807) is 16.7 Å². The monoisotopic (exact) mass is 530 g/mol. The molecule has 2 amide bonds. The topological polar surface area (TPSA) is 111 Å². The number of nitrogens with two attached hydrogens (primary N) is 2. The van der Waals surface area contributed by atoms with Gasteiger partial charge in [0.15, 0.2) is 11.6 Å². The molecule has 2 aliphatic rings. The Bertz CT molecular complexity index is 1300. The molecule has 2 aromatic carbocycles. The van der Waals surface area contributed by atoms with Gasteiger partial charge in [0.25, 0.3) is 5.91 Å². The van der Waals surface area contributed by atoms with Gasteiger partial charge in [0.05, 0.1) is 25.0 Å². The van der Waals surface area contributed by atoms with E-state index in [-0.39, 0.29) is 76.1 Å². The molecule has 1 atom stereocenters. The van der Waals surface area contributed by atoms with Crippen molar-refractivity contribution in [2.24, 2.45) is 11.5 Å². The normalized spacial score (nSPS) is 17.8. The van der Waals surface area contributed by atoms with Crippen molar-refractivity contribution in [3.05, 3.63) is 59.8 Å². The minimum Gasteiger partial charge on any atom is -0.492 e. The second-order valence-electron chi connectivity index (χ2n) is 8.59. The first-order valence-corrected chi connectivity index (χ1v) is 12.2. The molecular formula is C26H28F2N4O4S.